The van der Waals surface area contributed by atoms with Gasteiger partial charge in [0.1, 0.15) is 0 Å². The van der Waals surface area contributed by atoms with Crippen molar-refractivity contribution in [1.29, 1.82) is 0 Å². The molecule has 0 amide bonds. The molecule has 2 heterocycles. The van der Waals surface area contributed by atoms with Gasteiger partial charge in [0.05, 0.1) is 0 Å². The van der Waals surface area contributed by atoms with Crippen LogP contribution in [0.5, 0.6) is 0 Å². The smallest absolute Gasteiger partial charge is 0.0459 e. The predicted molar refractivity (Wildman–Crippen MR) is 72.4 cm³/mol. The van der Waals surface area contributed by atoms with Crippen molar-refractivity contribution in [2.45, 2.75) is 32.7 Å². The van der Waals surface area contributed by atoms with Gasteiger partial charge < -0.3 is 9.88 Å². The van der Waals surface area contributed by atoms with Gasteiger partial charge in [0.2, 0.25) is 0 Å². The fourth-order valence-corrected chi connectivity index (χ4v) is 2.67. The summed E-state index contributed by atoms with van der Waals surface area (Å²) in [6.07, 6.45) is 1.18. The molecule has 2 nitrogen and oxygen atoms in total. The van der Waals surface area contributed by atoms with Gasteiger partial charge in [-0.15, -0.1) is 0 Å². The number of nitrogens with zero attached hydrogens (tertiary/aromatic N) is 1. The lowest BCUT2D eigenvalue weighted by atomic mass is 9.98. The zero-order valence-electron chi connectivity index (χ0n) is 10.9. The molecular formula is C15H20N2. The molecule has 0 spiro atoms. The van der Waals surface area contributed by atoms with Crippen LogP contribution in [-0.4, -0.2) is 23.5 Å². The van der Waals surface area contributed by atoms with Gasteiger partial charge in [0.15, 0.2) is 0 Å². The van der Waals surface area contributed by atoms with E-state index in [1.54, 1.807) is 0 Å². The Labute approximate surface area is 103 Å². The molecule has 2 aromatic rings. The second-order valence-electron chi connectivity index (χ2n) is 5.58. The first-order valence-electron chi connectivity index (χ1n) is 6.46. The molecule has 0 fully saturated rings. The Kier molecular flexibility index (Phi) is 2.48. The van der Waals surface area contributed by atoms with Gasteiger partial charge >= 0.3 is 0 Å². The summed E-state index contributed by atoms with van der Waals surface area (Å²) in [4.78, 5) is 5.93. The van der Waals surface area contributed by atoms with Crippen LogP contribution in [0.1, 0.15) is 36.6 Å². The van der Waals surface area contributed by atoms with Gasteiger partial charge in [0.25, 0.3) is 0 Å². The molecule has 0 saturated heterocycles. The van der Waals surface area contributed by atoms with Gasteiger partial charge in [-0.2, -0.15) is 0 Å². The molecule has 1 aromatic carbocycles. The van der Waals surface area contributed by atoms with Crippen molar-refractivity contribution in [3.63, 3.8) is 0 Å². The predicted octanol–water partition coefficient (Wildman–Crippen LogP) is 3.28. The van der Waals surface area contributed by atoms with Crippen LogP contribution in [0, 0.1) is 0 Å². The summed E-state index contributed by atoms with van der Waals surface area (Å²) in [6, 6.07) is 7.02. The van der Waals surface area contributed by atoms with Crippen LogP contribution in [0.4, 0.5) is 0 Å². The van der Waals surface area contributed by atoms with Gasteiger partial charge in [-0.05, 0) is 54.1 Å². The van der Waals surface area contributed by atoms with E-state index in [9.17, 15) is 0 Å². The number of benzene rings is 1. The molecule has 0 atom stereocenters. The first-order valence-corrected chi connectivity index (χ1v) is 6.46. The van der Waals surface area contributed by atoms with Crippen LogP contribution in [0.3, 0.4) is 0 Å². The largest absolute Gasteiger partial charge is 0.358 e. The molecule has 3 rings (SSSR count). The molecule has 2 heteroatoms. The second kappa shape index (κ2) is 3.88. The molecule has 1 aliphatic rings. The third-order valence-electron chi connectivity index (χ3n) is 3.79. The summed E-state index contributed by atoms with van der Waals surface area (Å²) < 4.78 is 0. The van der Waals surface area contributed by atoms with E-state index in [0.717, 1.165) is 6.54 Å². The molecule has 1 aliphatic heterocycles. The van der Waals surface area contributed by atoms with Crippen molar-refractivity contribution >= 4 is 10.9 Å². The highest BCUT2D eigenvalue weighted by molar-refractivity contribution is 5.82. The van der Waals surface area contributed by atoms with E-state index in [1.165, 1.54) is 40.7 Å². The number of hydrogen-bond donors (Lipinski definition) is 1. The molecule has 1 N–H and O–H groups in total. The number of aromatic nitrogens is 1. The Morgan fingerprint density at radius 3 is 2.76 bits per heavy atom. The minimum absolute atomic E-state index is 0.571. The standard InChI is InChI=1S/C15H20N2/c1-10(2)14-7-12-6-11-4-5-17(3)9-13(11)8-15(12)16-14/h6-8,10,16H,4-5,9H2,1-3H3. The summed E-state index contributed by atoms with van der Waals surface area (Å²) in [5.74, 6) is 0.571. The van der Waals surface area contributed by atoms with Gasteiger partial charge in [-0.1, -0.05) is 13.8 Å². The maximum atomic E-state index is 3.54. The SMILES string of the molecule is CC(C)c1cc2cc3c(cc2[nH]1)CN(C)CC3. The summed E-state index contributed by atoms with van der Waals surface area (Å²) in [7, 11) is 2.20. The van der Waals surface area contributed by atoms with Gasteiger partial charge in [0, 0.05) is 24.3 Å². The fraction of sp³-hybridized carbons (Fsp3) is 0.467. The lowest BCUT2D eigenvalue weighted by Crippen LogP contribution is -2.26. The van der Waals surface area contributed by atoms with Crippen molar-refractivity contribution < 1.29 is 0 Å². The van der Waals surface area contributed by atoms with E-state index in [0.29, 0.717) is 5.92 Å². The van der Waals surface area contributed by atoms with Crippen LogP contribution in [-0.2, 0) is 13.0 Å². The monoisotopic (exact) mass is 228 g/mol. The first kappa shape index (κ1) is 10.8. The summed E-state index contributed by atoms with van der Waals surface area (Å²) in [5, 5.41) is 1.37. The summed E-state index contributed by atoms with van der Waals surface area (Å²) >= 11 is 0. The Morgan fingerprint density at radius 2 is 2.00 bits per heavy atom. The average molecular weight is 228 g/mol. The summed E-state index contributed by atoms with van der Waals surface area (Å²) in [6.45, 7) is 6.73. The molecule has 0 radical (unpaired) electrons. The molecule has 17 heavy (non-hydrogen) atoms. The van der Waals surface area contributed by atoms with E-state index in [-0.39, 0.29) is 0 Å². The zero-order valence-corrected chi connectivity index (χ0v) is 10.9. The normalized spacial score (nSPS) is 16.7. The quantitative estimate of drug-likeness (QED) is 0.793. The molecule has 90 valence electrons. The zero-order chi connectivity index (χ0) is 12.0. The maximum Gasteiger partial charge on any atom is 0.0459 e. The van der Waals surface area contributed by atoms with Crippen molar-refractivity contribution in [3.8, 4) is 0 Å². The van der Waals surface area contributed by atoms with Crippen molar-refractivity contribution in [2.24, 2.45) is 0 Å². The molecular weight excluding hydrogens is 208 g/mol. The molecule has 0 saturated carbocycles. The Hall–Kier alpha value is -1.28. The van der Waals surface area contributed by atoms with Gasteiger partial charge in [-0.25, -0.2) is 0 Å². The number of rotatable bonds is 1. The maximum absolute atomic E-state index is 3.54. The minimum Gasteiger partial charge on any atom is -0.358 e. The Balaban J connectivity index is 2.12. The van der Waals surface area contributed by atoms with E-state index >= 15 is 0 Å². The highest BCUT2D eigenvalue weighted by Crippen LogP contribution is 2.27. The molecule has 0 aliphatic carbocycles. The van der Waals surface area contributed by atoms with E-state index in [4.69, 9.17) is 0 Å². The average Bonchev–Trinajstić information content (AvgIpc) is 2.68. The topological polar surface area (TPSA) is 19.0 Å². The number of hydrogen-bond acceptors (Lipinski definition) is 1. The van der Waals surface area contributed by atoms with Crippen molar-refractivity contribution in [2.75, 3.05) is 13.6 Å². The molecule has 0 unspecified atom stereocenters. The fourth-order valence-electron chi connectivity index (χ4n) is 2.67. The van der Waals surface area contributed by atoms with E-state index in [2.05, 4.69) is 49.0 Å². The number of nitrogens with one attached hydrogen (secondary N) is 1. The minimum atomic E-state index is 0.571. The Morgan fingerprint density at radius 1 is 1.18 bits per heavy atom. The Bertz CT molecular complexity index is 551. The highest BCUT2D eigenvalue weighted by atomic mass is 15.1. The van der Waals surface area contributed by atoms with E-state index in [1.807, 2.05) is 0 Å². The van der Waals surface area contributed by atoms with Crippen LogP contribution in [0.15, 0.2) is 18.2 Å². The van der Waals surface area contributed by atoms with Gasteiger partial charge in [-0.3, -0.25) is 0 Å². The van der Waals surface area contributed by atoms with Crippen LogP contribution in [0.2, 0.25) is 0 Å². The van der Waals surface area contributed by atoms with Crippen molar-refractivity contribution in [1.82, 2.24) is 9.88 Å². The highest BCUT2D eigenvalue weighted by Gasteiger charge is 2.15. The van der Waals surface area contributed by atoms with Crippen LogP contribution >= 0.6 is 0 Å². The van der Waals surface area contributed by atoms with Crippen LogP contribution < -0.4 is 0 Å². The number of H-pyrrole nitrogens is 1. The lowest BCUT2D eigenvalue weighted by molar-refractivity contribution is 0.313. The molecule has 0 bridgehead atoms. The number of aromatic amines is 1. The third-order valence-corrected chi connectivity index (χ3v) is 3.79. The number of likely N-dealkylation sites (N-methyl/N-ethyl adjacent to an activating group) is 1. The summed E-state index contributed by atoms with van der Waals surface area (Å²) in [5.41, 5.74) is 5.66. The molecule has 1 aromatic heterocycles. The van der Waals surface area contributed by atoms with Crippen molar-refractivity contribution in [3.05, 3.63) is 35.0 Å². The van der Waals surface area contributed by atoms with Crippen LogP contribution in [0.25, 0.3) is 10.9 Å². The second-order valence-corrected chi connectivity index (χ2v) is 5.58. The lowest BCUT2D eigenvalue weighted by Gasteiger charge is -2.24. The van der Waals surface area contributed by atoms with E-state index < -0.39 is 0 Å². The first-order chi connectivity index (χ1) is 8.13. The third kappa shape index (κ3) is 1.87. The number of fused-ring (bicyclic) bond motifs is 2.